The van der Waals surface area contributed by atoms with E-state index in [9.17, 15) is 0 Å². The molecule has 2 rings (SSSR count). The van der Waals surface area contributed by atoms with Gasteiger partial charge in [-0.25, -0.2) is 4.68 Å². The molecule has 0 unspecified atom stereocenters. The lowest BCUT2D eigenvalue weighted by Crippen LogP contribution is -2.09. The Balaban J connectivity index is 2.14. The summed E-state index contributed by atoms with van der Waals surface area (Å²) in [5.41, 5.74) is 7.86. The fraction of sp³-hybridized carbons (Fsp3) is 0.800. The molecule has 0 aliphatic heterocycles. The van der Waals surface area contributed by atoms with E-state index in [-0.39, 0.29) is 0 Å². The van der Waals surface area contributed by atoms with Crippen LogP contribution >= 0.6 is 0 Å². The van der Waals surface area contributed by atoms with Crippen LogP contribution in [-0.2, 0) is 19.5 Å². The Morgan fingerprint density at radius 1 is 1.50 bits per heavy atom. The van der Waals surface area contributed by atoms with E-state index in [1.165, 1.54) is 18.5 Å². The lowest BCUT2D eigenvalue weighted by molar-refractivity contribution is 0.521. The Labute approximate surface area is 84.5 Å². The molecule has 4 heteroatoms. The first kappa shape index (κ1) is 9.65. The molecule has 0 bridgehead atoms. The second-order valence-electron chi connectivity index (χ2n) is 4.06. The molecule has 2 N–H and O–H groups in total. The van der Waals surface area contributed by atoms with Crippen molar-refractivity contribution < 1.29 is 0 Å². The van der Waals surface area contributed by atoms with E-state index < -0.39 is 0 Å². The predicted octanol–water partition coefficient (Wildman–Crippen LogP) is 1.10. The predicted molar refractivity (Wildman–Crippen MR) is 54.6 cm³/mol. The first-order valence-corrected chi connectivity index (χ1v) is 5.46. The van der Waals surface area contributed by atoms with Crippen LogP contribution < -0.4 is 5.73 Å². The lowest BCUT2D eigenvalue weighted by Gasteiger charge is -2.05. The van der Waals surface area contributed by atoms with Gasteiger partial charge in [0.15, 0.2) is 0 Å². The Bertz CT molecular complexity index is 301. The maximum Gasteiger partial charge on any atom is 0.0994 e. The summed E-state index contributed by atoms with van der Waals surface area (Å²) < 4.78 is 2.06. The van der Waals surface area contributed by atoms with Gasteiger partial charge in [0, 0.05) is 13.1 Å². The number of rotatable bonds is 5. The molecule has 1 heterocycles. The van der Waals surface area contributed by atoms with Crippen LogP contribution in [0.1, 0.15) is 37.6 Å². The summed E-state index contributed by atoms with van der Waals surface area (Å²) in [4.78, 5) is 0. The molecule has 0 atom stereocenters. The van der Waals surface area contributed by atoms with Gasteiger partial charge >= 0.3 is 0 Å². The van der Waals surface area contributed by atoms with Crippen molar-refractivity contribution >= 4 is 0 Å². The van der Waals surface area contributed by atoms with Crippen molar-refractivity contribution in [1.29, 1.82) is 0 Å². The van der Waals surface area contributed by atoms with Crippen LogP contribution in [0.5, 0.6) is 0 Å². The second-order valence-corrected chi connectivity index (χ2v) is 4.06. The van der Waals surface area contributed by atoms with Gasteiger partial charge in [-0.2, -0.15) is 0 Å². The topological polar surface area (TPSA) is 56.7 Å². The molecule has 1 saturated carbocycles. The minimum absolute atomic E-state index is 0.514. The van der Waals surface area contributed by atoms with Gasteiger partial charge in [-0.05, 0) is 25.2 Å². The van der Waals surface area contributed by atoms with E-state index in [1.807, 2.05) is 0 Å². The second kappa shape index (κ2) is 4.09. The summed E-state index contributed by atoms with van der Waals surface area (Å²) in [6.45, 7) is 3.73. The zero-order valence-electron chi connectivity index (χ0n) is 8.74. The lowest BCUT2D eigenvalue weighted by atomic mass is 10.2. The zero-order valence-corrected chi connectivity index (χ0v) is 8.74. The molecule has 0 spiro atoms. The number of hydrogen-bond acceptors (Lipinski definition) is 3. The number of nitrogens with two attached hydrogens (primary N) is 1. The number of aromatic nitrogens is 3. The summed E-state index contributed by atoms with van der Waals surface area (Å²) in [5, 5.41) is 8.29. The van der Waals surface area contributed by atoms with Crippen LogP contribution in [0.25, 0.3) is 0 Å². The van der Waals surface area contributed by atoms with Gasteiger partial charge in [0.2, 0.25) is 0 Å². The summed E-state index contributed by atoms with van der Waals surface area (Å²) in [7, 11) is 0. The third kappa shape index (κ3) is 1.95. The van der Waals surface area contributed by atoms with Crippen LogP contribution in [0, 0.1) is 5.92 Å². The maximum absolute atomic E-state index is 5.62. The van der Waals surface area contributed by atoms with Gasteiger partial charge in [0.25, 0.3) is 0 Å². The highest BCUT2D eigenvalue weighted by molar-refractivity contribution is 5.10. The first-order chi connectivity index (χ1) is 6.85. The molecule has 1 aromatic heterocycles. The van der Waals surface area contributed by atoms with Crippen LogP contribution in [0.3, 0.4) is 0 Å². The first-order valence-electron chi connectivity index (χ1n) is 5.46. The van der Waals surface area contributed by atoms with Crippen molar-refractivity contribution in [2.75, 3.05) is 0 Å². The van der Waals surface area contributed by atoms with Gasteiger partial charge < -0.3 is 5.73 Å². The molecule has 0 radical (unpaired) electrons. The minimum Gasteiger partial charge on any atom is -0.325 e. The van der Waals surface area contributed by atoms with Crippen molar-refractivity contribution in [3.8, 4) is 0 Å². The van der Waals surface area contributed by atoms with E-state index in [4.69, 9.17) is 5.73 Å². The quantitative estimate of drug-likeness (QED) is 0.763. The Hall–Kier alpha value is -0.900. The van der Waals surface area contributed by atoms with Gasteiger partial charge in [0.05, 0.1) is 11.4 Å². The molecular weight excluding hydrogens is 176 g/mol. The molecular formula is C10H18N4. The molecule has 0 saturated heterocycles. The summed E-state index contributed by atoms with van der Waals surface area (Å²) in [6.07, 6.45) is 4.88. The highest BCUT2D eigenvalue weighted by Crippen LogP contribution is 2.30. The fourth-order valence-corrected chi connectivity index (χ4v) is 1.73. The smallest absolute Gasteiger partial charge is 0.0994 e. The Kier molecular flexibility index (Phi) is 2.82. The average Bonchev–Trinajstić information content (AvgIpc) is 2.91. The summed E-state index contributed by atoms with van der Waals surface area (Å²) in [5.74, 6) is 0.845. The maximum atomic E-state index is 5.62. The van der Waals surface area contributed by atoms with Crippen LogP contribution in [0.15, 0.2) is 0 Å². The van der Waals surface area contributed by atoms with Gasteiger partial charge in [-0.15, -0.1) is 5.10 Å². The van der Waals surface area contributed by atoms with E-state index in [1.54, 1.807) is 0 Å². The molecule has 4 nitrogen and oxygen atoms in total. The Morgan fingerprint density at radius 3 is 2.86 bits per heavy atom. The Morgan fingerprint density at radius 2 is 2.29 bits per heavy atom. The minimum atomic E-state index is 0.514. The largest absolute Gasteiger partial charge is 0.325 e. The van der Waals surface area contributed by atoms with Gasteiger partial charge in [-0.3, -0.25) is 0 Å². The highest BCUT2D eigenvalue weighted by atomic mass is 15.4. The third-order valence-electron chi connectivity index (χ3n) is 2.73. The van der Waals surface area contributed by atoms with Gasteiger partial charge in [-0.1, -0.05) is 18.6 Å². The van der Waals surface area contributed by atoms with Gasteiger partial charge in [0.1, 0.15) is 0 Å². The van der Waals surface area contributed by atoms with E-state index in [0.29, 0.717) is 6.54 Å². The van der Waals surface area contributed by atoms with Crippen LogP contribution in [0.4, 0.5) is 0 Å². The molecule has 1 fully saturated rings. The monoisotopic (exact) mass is 194 g/mol. The van der Waals surface area contributed by atoms with E-state index >= 15 is 0 Å². The average molecular weight is 194 g/mol. The van der Waals surface area contributed by atoms with Crippen LogP contribution in [-0.4, -0.2) is 15.0 Å². The molecule has 78 valence electrons. The normalized spacial score (nSPS) is 16.1. The van der Waals surface area contributed by atoms with Crippen LogP contribution in [0.2, 0.25) is 0 Å². The van der Waals surface area contributed by atoms with E-state index in [0.717, 1.165) is 31.0 Å². The molecule has 0 aromatic carbocycles. The number of hydrogen-bond donors (Lipinski definition) is 1. The van der Waals surface area contributed by atoms with E-state index in [2.05, 4.69) is 21.9 Å². The number of nitrogens with zero attached hydrogens (tertiary/aromatic N) is 3. The third-order valence-corrected chi connectivity index (χ3v) is 2.73. The van der Waals surface area contributed by atoms with Crippen molar-refractivity contribution in [2.24, 2.45) is 11.7 Å². The standard InChI is InChI=1S/C10H18N4/c1-2-3-10-9(6-11)12-13-14(10)7-8-4-5-8/h8H,2-7,11H2,1H3. The molecule has 14 heavy (non-hydrogen) atoms. The molecule has 0 amide bonds. The van der Waals surface area contributed by atoms with Crippen molar-refractivity contribution in [3.63, 3.8) is 0 Å². The molecule has 1 aliphatic rings. The SMILES string of the molecule is CCCc1c(CN)nnn1CC1CC1. The van der Waals surface area contributed by atoms with Crippen molar-refractivity contribution in [2.45, 2.75) is 45.7 Å². The fourth-order valence-electron chi connectivity index (χ4n) is 1.73. The molecule has 1 aromatic rings. The summed E-state index contributed by atoms with van der Waals surface area (Å²) >= 11 is 0. The van der Waals surface area contributed by atoms with Crippen molar-refractivity contribution in [1.82, 2.24) is 15.0 Å². The molecule has 1 aliphatic carbocycles. The zero-order chi connectivity index (χ0) is 9.97. The van der Waals surface area contributed by atoms with Crippen molar-refractivity contribution in [3.05, 3.63) is 11.4 Å². The summed E-state index contributed by atoms with van der Waals surface area (Å²) in [6, 6.07) is 0. The highest BCUT2D eigenvalue weighted by Gasteiger charge is 2.24.